The van der Waals surface area contributed by atoms with E-state index in [9.17, 15) is 4.79 Å². The zero-order valence-corrected chi connectivity index (χ0v) is 19.2. The molecule has 6 nitrogen and oxygen atoms in total. The third kappa shape index (κ3) is 4.09. The monoisotopic (exact) mass is 433 g/mol. The molecule has 0 aliphatic carbocycles. The molecule has 168 valence electrons. The zero-order chi connectivity index (χ0) is 22.7. The summed E-state index contributed by atoms with van der Waals surface area (Å²) in [5.74, 6) is 1.95. The van der Waals surface area contributed by atoms with Gasteiger partial charge in [0.05, 0.1) is 25.5 Å². The van der Waals surface area contributed by atoms with E-state index in [4.69, 9.17) is 9.47 Å². The molecular formula is C26H31N3O3. The molecule has 32 heavy (non-hydrogen) atoms. The summed E-state index contributed by atoms with van der Waals surface area (Å²) in [5.41, 5.74) is 4.27. The van der Waals surface area contributed by atoms with Gasteiger partial charge in [0.15, 0.2) is 11.5 Å². The van der Waals surface area contributed by atoms with Gasteiger partial charge in [-0.15, -0.1) is 0 Å². The Balaban J connectivity index is 1.75. The van der Waals surface area contributed by atoms with Crippen LogP contribution in [0.5, 0.6) is 11.5 Å². The lowest BCUT2D eigenvalue weighted by atomic mass is 9.95. The molecule has 1 aromatic heterocycles. The van der Waals surface area contributed by atoms with Crippen molar-refractivity contribution >= 4 is 5.91 Å². The molecule has 1 aliphatic heterocycles. The maximum atomic E-state index is 13.2. The summed E-state index contributed by atoms with van der Waals surface area (Å²) in [6.45, 7) is 7.74. The standard InChI is InChI=1S/C26H31N3O3/c1-5-14-29-25(19-11-12-20(21(16-19)31-4)32-15-13-17(2)3)22-23(18-9-7-6-8-10-18)27-28-24(22)26(29)30/h6-12,16-17,25H,5,13-15H2,1-4H3,(H,27,28). The Morgan fingerprint density at radius 3 is 2.59 bits per heavy atom. The van der Waals surface area contributed by atoms with E-state index in [1.165, 1.54) is 0 Å². The van der Waals surface area contributed by atoms with Gasteiger partial charge in [-0.1, -0.05) is 57.2 Å². The van der Waals surface area contributed by atoms with Gasteiger partial charge in [0.2, 0.25) is 0 Å². The second kappa shape index (κ2) is 9.47. The highest BCUT2D eigenvalue weighted by molar-refractivity contribution is 6.00. The first-order chi connectivity index (χ1) is 15.5. The van der Waals surface area contributed by atoms with Crippen LogP contribution >= 0.6 is 0 Å². The molecule has 1 N–H and O–H groups in total. The second-order valence-corrected chi connectivity index (χ2v) is 8.57. The highest BCUT2D eigenvalue weighted by atomic mass is 16.5. The van der Waals surface area contributed by atoms with Gasteiger partial charge in [-0.3, -0.25) is 9.89 Å². The van der Waals surface area contributed by atoms with Crippen molar-refractivity contribution in [1.82, 2.24) is 15.1 Å². The number of carbonyl (C=O) groups is 1. The number of amides is 1. The van der Waals surface area contributed by atoms with Crippen LogP contribution in [0.25, 0.3) is 11.3 Å². The number of fused-ring (bicyclic) bond motifs is 1. The summed E-state index contributed by atoms with van der Waals surface area (Å²) >= 11 is 0. The van der Waals surface area contributed by atoms with Gasteiger partial charge in [0, 0.05) is 17.7 Å². The molecule has 1 amide bonds. The molecule has 1 unspecified atom stereocenters. The smallest absolute Gasteiger partial charge is 0.273 e. The van der Waals surface area contributed by atoms with Crippen LogP contribution < -0.4 is 9.47 Å². The number of ether oxygens (including phenoxy) is 2. The predicted octanol–water partition coefficient (Wildman–Crippen LogP) is 5.47. The number of carbonyl (C=O) groups excluding carboxylic acids is 1. The van der Waals surface area contributed by atoms with Crippen LogP contribution in [0.4, 0.5) is 0 Å². The maximum Gasteiger partial charge on any atom is 0.273 e. The number of aromatic amines is 1. The van der Waals surface area contributed by atoms with E-state index in [0.29, 0.717) is 30.5 Å². The molecule has 4 rings (SSSR count). The number of nitrogens with zero attached hydrogens (tertiary/aromatic N) is 2. The van der Waals surface area contributed by atoms with Crippen molar-refractivity contribution in [3.8, 4) is 22.8 Å². The van der Waals surface area contributed by atoms with Crippen molar-refractivity contribution < 1.29 is 14.3 Å². The van der Waals surface area contributed by atoms with Gasteiger partial charge in [0.1, 0.15) is 5.69 Å². The van der Waals surface area contributed by atoms with E-state index in [1.807, 2.05) is 53.4 Å². The van der Waals surface area contributed by atoms with Crippen LogP contribution in [0.1, 0.15) is 61.3 Å². The van der Waals surface area contributed by atoms with Gasteiger partial charge < -0.3 is 14.4 Å². The molecule has 0 saturated carbocycles. The van der Waals surface area contributed by atoms with Crippen LogP contribution in [0, 0.1) is 5.92 Å². The Morgan fingerprint density at radius 2 is 1.91 bits per heavy atom. The molecule has 0 bridgehead atoms. The van der Waals surface area contributed by atoms with E-state index in [0.717, 1.165) is 41.0 Å². The minimum Gasteiger partial charge on any atom is -0.493 e. The lowest BCUT2D eigenvalue weighted by Crippen LogP contribution is -2.30. The molecule has 0 fully saturated rings. The Kier molecular flexibility index (Phi) is 6.49. The molecule has 3 aromatic rings. The van der Waals surface area contributed by atoms with E-state index in [1.54, 1.807) is 7.11 Å². The number of methoxy groups -OCH3 is 1. The Bertz CT molecular complexity index is 1080. The quantitative estimate of drug-likeness (QED) is 0.486. The molecule has 1 atom stereocenters. The Morgan fingerprint density at radius 1 is 1.12 bits per heavy atom. The molecule has 2 aromatic carbocycles. The van der Waals surface area contributed by atoms with Crippen LogP contribution in [-0.4, -0.2) is 41.3 Å². The van der Waals surface area contributed by atoms with Crippen LogP contribution in [0.2, 0.25) is 0 Å². The van der Waals surface area contributed by atoms with Crippen molar-refractivity contribution in [2.45, 2.75) is 39.7 Å². The third-order valence-electron chi connectivity index (χ3n) is 5.83. The highest BCUT2D eigenvalue weighted by Gasteiger charge is 2.42. The fourth-order valence-corrected chi connectivity index (χ4v) is 4.21. The van der Waals surface area contributed by atoms with Crippen molar-refractivity contribution in [3.63, 3.8) is 0 Å². The van der Waals surface area contributed by atoms with Gasteiger partial charge in [-0.2, -0.15) is 5.10 Å². The summed E-state index contributed by atoms with van der Waals surface area (Å²) in [7, 11) is 1.65. The van der Waals surface area contributed by atoms with Gasteiger partial charge in [-0.05, 0) is 36.5 Å². The minimum absolute atomic E-state index is 0.0160. The number of aromatic nitrogens is 2. The summed E-state index contributed by atoms with van der Waals surface area (Å²) in [4.78, 5) is 15.2. The lowest BCUT2D eigenvalue weighted by Gasteiger charge is -2.26. The van der Waals surface area contributed by atoms with E-state index >= 15 is 0 Å². The summed E-state index contributed by atoms with van der Waals surface area (Å²) in [5, 5.41) is 7.52. The zero-order valence-electron chi connectivity index (χ0n) is 19.2. The van der Waals surface area contributed by atoms with E-state index in [-0.39, 0.29) is 11.9 Å². The number of hydrogen-bond acceptors (Lipinski definition) is 4. The average Bonchev–Trinajstić information content (AvgIpc) is 3.34. The average molecular weight is 434 g/mol. The Hall–Kier alpha value is -3.28. The van der Waals surface area contributed by atoms with E-state index in [2.05, 4.69) is 31.0 Å². The molecule has 0 saturated heterocycles. The van der Waals surface area contributed by atoms with Crippen molar-refractivity contribution in [3.05, 3.63) is 65.4 Å². The largest absolute Gasteiger partial charge is 0.493 e. The summed E-state index contributed by atoms with van der Waals surface area (Å²) in [6.07, 6.45) is 1.85. The van der Waals surface area contributed by atoms with Crippen LogP contribution in [0.3, 0.4) is 0 Å². The predicted molar refractivity (Wildman–Crippen MR) is 125 cm³/mol. The molecule has 2 heterocycles. The van der Waals surface area contributed by atoms with Crippen molar-refractivity contribution in [2.24, 2.45) is 5.92 Å². The van der Waals surface area contributed by atoms with Gasteiger partial charge in [-0.25, -0.2) is 0 Å². The molecular weight excluding hydrogens is 402 g/mol. The topological polar surface area (TPSA) is 67.5 Å². The first-order valence-corrected chi connectivity index (χ1v) is 11.3. The number of nitrogens with one attached hydrogen (secondary N) is 1. The number of rotatable bonds is 9. The molecule has 0 spiro atoms. The summed E-state index contributed by atoms with van der Waals surface area (Å²) in [6, 6.07) is 15.7. The highest BCUT2D eigenvalue weighted by Crippen LogP contribution is 2.44. The van der Waals surface area contributed by atoms with Gasteiger partial charge >= 0.3 is 0 Å². The fraction of sp³-hybridized carbons (Fsp3) is 0.385. The van der Waals surface area contributed by atoms with Crippen LogP contribution in [-0.2, 0) is 0 Å². The van der Waals surface area contributed by atoms with Crippen molar-refractivity contribution in [2.75, 3.05) is 20.3 Å². The SMILES string of the molecule is CCCN1C(=O)c2[nH]nc(-c3ccccc3)c2C1c1ccc(OCCC(C)C)c(OC)c1. The maximum absolute atomic E-state index is 13.2. The fourth-order valence-electron chi connectivity index (χ4n) is 4.21. The van der Waals surface area contributed by atoms with Gasteiger partial charge in [0.25, 0.3) is 5.91 Å². The number of hydrogen-bond donors (Lipinski definition) is 1. The lowest BCUT2D eigenvalue weighted by molar-refractivity contribution is 0.0743. The molecule has 6 heteroatoms. The molecule has 1 aliphatic rings. The third-order valence-corrected chi connectivity index (χ3v) is 5.83. The number of benzene rings is 2. The van der Waals surface area contributed by atoms with E-state index < -0.39 is 0 Å². The molecule has 0 radical (unpaired) electrons. The Labute approximate surface area is 189 Å². The number of H-pyrrole nitrogens is 1. The normalized spacial score (nSPS) is 15.3. The minimum atomic E-state index is -0.231. The van der Waals surface area contributed by atoms with Crippen molar-refractivity contribution in [1.29, 1.82) is 0 Å². The first kappa shape index (κ1) is 21.9. The van der Waals surface area contributed by atoms with Crippen LogP contribution in [0.15, 0.2) is 48.5 Å². The summed E-state index contributed by atoms with van der Waals surface area (Å²) < 4.78 is 11.6. The first-order valence-electron chi connectivity index (χ1n) is 11.3. The second-order valence-electron chi connectivity index (χ2n) is 8.57.